The lowest BCUT2D eigenvalue weighted by atomic mass is 10.2. The van der Waals surface area contributed by atoms with Gasteiger partial charge in [0.05, 0.1) is 5.69 Å². The normalized spacial score (nSPS) is 18.8. The molecule has 3 rings (SSSR count). The number of rotatable bonds is 4. The molecular formula is C15H21ClN4O. The fourth-order valence-corrected chi connectivity index (χ4v) is 2.96. The first kappa shape index (κ1) is 15.9. The van der Waals surface area contributed by atoms with Crippen molar-refractivity contribution in [3.05, 3.63) is 46.5 Å². The van der Waals surface area contributed by atoms with E-state index in [4.69, 9.17) is 0 Å². The van der Waals surface area contributed by atoms with Crippen LogP contribution in [0.25, 0.3) is 5.65 Å². The van der Waals surface area contributed by atoms with E-state index in [9.17, 15) is 4.79 Å². The fourth-order valence-electron chi connectivity index (χ4n) is 2.96. The highest BCUT2D eigenvalue weighted by molar-refractivity contribution is 5.85. The van der Waals surface area contributed by atoms with Gasteiger partial charge in [-0.1, -0.05) is 6.07 Å². The van der Waals surface area contributed by atoms with E-state index in [1.165, 1.54) is 12.8 Å². The minimum absolute atomic E-state index is 0. The number of aromatic nitrogens is 2. The van der Waals surface area contributed by atoms with E-state index in [2.05, 4.69) is 15.2 Å². The van der Waals surface area contributed by atoms with E-state index >= 15 is 0 Å². The Bertz CT molecular complexity index is 657. The standard InChI is InChI=1S/C15H20N4O.ClH/c1-16-10-13-5-4-7-18(13)11-12-9-15(20)19-8-3-2-6-14(19)17-12;/h2-3,6,8-9,13,16H,4-5,7,10-11H2,1H3;1H. The molecule has 0 saturated carbocycles. The van der Waals surface area contributed by atoms with E-state index in [-0.39, 0.29) is 18.0 Å². The first-order valence-corrected chi connectivity index (χ1v) is 7.14. The second kappa shape index (κ2) is 7.02. The van der Waals surface area contributed by atoms with Crippen LogP contribution in [0.5, 0.6) is 0 Å². The molecule has 1 fully saturated rings. The molecule has 0 spiro atoms. The molecule has 1 aliphatic heterocycles. The highest BCUT2D eigenvalue weighted by Crippen LogP contribution is 2.18. The summed E-state index contributed by atoms with van der Waals surface area (Å²) in [5.74, 6) is 0. The van der Waals surface area contributed by atoms with Gasteiger partial charge in [0.25, 0.3) is 5.56 Å². The van der Waals surface area contributed by atoms with Gasteiger partial charge in [-0.25, -0.2) is 4.98 Å². The predicted octanol–water partition coefficient (Wildman–Crippen LogP) is 1.30. The first-order valence-electron chi connectivity index (χ1n) is 7.14. The Balaban J connectivity index is 0.00000161. The van der Waals surface area contributed by atoms with Crippen LogP contribution in [-0.2, 0) is 6.54 Å². The molecule has 1 N–H and O–H groups in total. The molecule has 1 aliphatic rings. The Morgan fingerprint density at radius 3 is 3.10 bits per heavy atom. The van der Waals surface area contributed by atoms with Crippen molar-refractivity contribution in [3.8, 4) is 0 Å². The summed E-state index contributed by atoms with van der Waals surface area (Å²) in [4.78, 5) is 19.1. The minimum atomic E-state index is -0.00466. The van der Waals surface area contributed by atoms with Crippen LogP contribution in [0.1, 0.15) is 18.5 Å². The van der Waals surface area contributed by atoms with Crippen molar-refractivity contribution in [3.63, 3.8) is 0 Å². The maximum Gasteiger partial charge on any atom is 0.258 e. The molecule has 0 aromatic carbocycles. The summed E-state index contributed by atoms with van der Waals surface area (Å²) in [6.07, 6.45) is 4.19. The van der Waals surface area contributed by atoms with Crippen molar-refractivity contribution in [2.75, 3.05) is 20.1 Å². The molecule has 1 unspecified atom stereocenters. The summed E-state index contributed by atoms with van der Waals surface area (Å²) in [7, 11) is 1.98. The summed E-state index contributed by atoms with van der Waals surface area (Å²) in [5.41, 5.74) is 1.58. The van der Waals surface area contributed by atoms with Crippen LogP contribution in [0.4, 0.5) is 0 Å². The van der Waals surface area contributed by atoms with Crippen LogP contribution in [0.2, 0.25) is 0 Å². The molecule has 0 amide bonds. The quantitative estimate of drug-likeness (QED) is 0.925. The zero-order valence-corrected chi connectivity index (χ0v) is 13.0. The molecule has 2 aromatic heterocycles. The number of halogens is 1. The van der Waals surface area contributed by atoms with Crippen LogP contribution in [0.3, 0.4) is 0 Å². The minimum Gasteiger partial charge on any atom is -0.318 e. The predicted molar refractivity (Wildman–Crippen MR) is 86.1 cm³/mol. The van der Waals surface area contributed by atoms with E-state index in [1.54, 1.807) is 16.7 Å². The first-order chi connectivity index (χ1) is 9.78. The van der Waals surface area contributed by atoms with Gasteiger partial charge in [0.1, 0.15) is 5.65 Å². The van der Waals surface area contributed by atoms with E-state index in [0.717, 1.165) is 31.0 Å². The molecule has 2 aromatic rings. The fraction of sp³-hybridized carbons (Fsp3) is 0.467. The van der Waals surface area contributed by atoms with Gasteiger partial charge in [-0.3, -0.25) is 14.1 Å². The van der Waals surface area contributed by atoms with Crippen molar-refractivity contribution in [1.29, 1.82) is 0 Å². The van der Waals surface area contributed by atoms with Crippen molar-refractivity contribution in [1.82, 2.24) is 19.6 Å². The molecule has 0 bridgehead atoms. The molecule has 1 saturated heterocycles. The maximum absolute atomic E-state index is 12.1. The van der Waals surface area contributed by atoms with E-state index < -0.39 is 0 Å². The molecule has 0 aliphatic carbocycles. The highest BCUT2D eigenvalue weighted by Gasteiger charge is 2.24. The van der Waals surface area contributed by atoms with Gasteiger partial charge in [-0.05, 0) is 38.6 Å². The lowest BCUT2D eigenvalue weighted by molar-refractivity contribution is 0.239. The van der Waals surface area contributed by atoms with E-state index in [1.807, 2.05) is 25.2 Å². The molecule has 3 heterocycles. The second-order valence-corrected chi connectivity index (χ2v) is 5.34. The smallest absolute Gasteiger partial charge is 0.258 e. The average molecular weight is 309 g/mol. The van der Waals surface area contributed by atoms with Crippen LogP contribution < -0.4 is 10.9 Å². The summed E-state index contributed by atoms with van der Waals surface area (Å²) in [6.45, 7) is 2.84. The van der Waals surface area contributed by atoms with Gasteiger partial charge in [0, 0.05) is 31.4 Å². The Kier molecular flexibility index (Phi) is 5.33. The number of hydrogen-bond acceptors (Lipinski definition) is 4. The molecule has 5 nitrogen and oxygen atoms in total. The average Bonchev–Trinajstić information content (AvgIpc) is 2.87. The molecule has 1 atom stereocenters. The van der Waals surface area contributed by atoms with Gasteiger partial charge in [-0.15, -0.1) is 12.4 Å². The Morgan fingerprint density at radius 2 is 2.29 bits per heavy atom. The van der Waals surface area contributed by atoms with Gasteiger partial charge in [0.15, 0.2) is 0 Å². The molecule has 114 valence electrons. The number of likely N-dealkylation sites (tertiary alicyclic amines) is 1. The number of nitrogens with zero attached hydrogens (tertiary/aromatic N) is 3. The molecule has 0 radical (unpaired) electrons. The van der Waals surface area contributed by atoms with Crippen molar-refractivity contribution >= 4 is 18.1 Å². The van der Waals surface area contributed by atoms with Crippen LogP contribution in [0.15, 0.2) is 35.3 Å². The maximum atomic E-state index is 12.1. The molecule has 21 heavy (non-hydrogen) atoms. The van der Waals surface area contributed by atoms with Gasteiger partial charge >= 0.3 is 0 Å². The summed E-state index contributed by atoms with van der Waals surface area (Å²) in [5, 5.41) is 3.24. The van der Waals surface area contributed by atoms with Gasteiger partial charge < -0.3 is 5.32 Å². The summed E-state index contributed by atoms with van der Waals surface area (Å²) in [6, 6.07) is 7.84. The third-order valence-corrected chi connectivity index (χ3v) is 3.93. The number of pyridine rings is 1. The zero-order chi connectivity index (χ0) is 13.9. The third-order valence-electron chi connectivity index (χ3n) is 3.93. The largest absolute Gasteiger partial charge is 0.318 e. The Labute approximate surface area is 130 Å². The third kappa shape index (κ3) is 3.43. The van der Waals surface area contributed by atoms with Crippen molar-refractivity contribution in [2.24, 2.45) is 0 Å². The van der Waals surface area contributed by atoms with Gasteiger partial charge in [-0.2, -0.15) is 0 Å². The van der Waals surface area contributed by atoms with Crippen LogP contribution in [-0.4, -0.2) is 40.5 Å². The topological polar surface area (TPSA) is 49.6 Å². The number of fused-ring (bicyclic) bond motifs is 1. The monoisotopic (exact) mass is 308 g/mol. The number of hydrogen-bond donors (Lipinski definition) is 1. The summed E-state index contributed by atoms with van der Waals surface area (Å²) >= 11 is 0. The van der Waals surface area contributed by atoms with E-state index in [0.29, 0.717) is 6.04 Å². The Hall–Kier alpha value is -1.43. The summed E-state index contributed by atoms with van der Waals surface area (Å²) < 4.78 is 1.58. The highest BCUT2D eigenvalue weighted by atomic mass is 35.5. The SMILES string of the molecule is CNCC1CCCN1Cc1cc(=O)n2ccccc2n1.Cl. The number of likely N-dealkylation sites (N-methyl/N-ethyl adjacent to an activating group) is 1. The van der Waals surface area contributed by atoms with Crippen LogP contribution in [0, 0.1) is 0 Å². The van der Waals surface area contributed by atoms with Crippen LogP contribution >= 0.6 is 12.4 Å². The molecular weight excluding hydrogens is 288 g/mol. The lowest BCUT2D eigenvalue weighted by Crippen LogP contribution is -2.36. The van der Waals surface area contributed by atoms with Gasteiger partial charge in [0.2, 0.25) is 0 Å². The zero-order valence-electron chi connectivity index (χ0n) is 12.2. The second-order valence-electron chi connectivity index (χ2n) is 5.34. The molecule has 6 heteroatoms. The number of nitrogens with one attached hydrogen (secondary N) is 1. The Morgan fingerprint density at radius 1 is 1.43 bits per heavy atom. The van der Waals surface area contributed by atoms with Crippen molar-refractivity contribution < 1.29 is 0 Å². The lowest BCUT2D eigenvalue weighted by Gasteiger charge is -2.23. The van der Waals surface area contributed by atoms with Crippen molar-refractivity contribution in [2.45, 2.75) is 25.4 Å².